The highest BCUT2D eigenvalue weighted by atomic mass is 19.4. The number of carbonyl (C=O) groups excluding carboxylic acids is 1. The SMILES string of the molecule is Nc1cn[nH]c1C1CCN(C(=O)Cc2cccc(C(F)(F)F)c2)C1. The Bertz CT molecular complexity index is 741. The second-order valence-corrected chi connectivity index (χ2v) is 5.94. The minimum absolute atomic E-state index is 0.0465. The van der Waals surface area contributed by atoms with Gasteiger partial charge >= 0.3 is 6.18 Å². The lowest BCUT2D eigenvalue weighted by Gasteiger charge is -2.17. The summed E-state index contributed by atoms with van der Waals surface area (Å²) in [6.07, 6.45) is -2.17. The lowest BCUT2D eigenvalue weighted by atomic mass is 10.0. The van der Waals surface area contributed by atoms with Gasteiger partial charge in [-0.05, 0) is 18.1 Å². The van der Waals surface area contributed by atoms with E-state index in [4.69, 9.17) is 5.73 Å². The molecule has 0 spiro atoms. The monoisotopic (exact) mass is 338 g/mol. The van der Waals surface area contributed by atoms with E-state index in [-0.39, 0.29) is 18.2 Å². The van der Waals surface area contributed by atoms with Gasteiger partial charge in [0.15, 0.2) is 0 Å². The number of amides is 1. The van der Waals surface area contributed by atoms with E-state index in [1.807, 2.05) is 0 Å². The Kier molecular flexibility index (Phi) is 4.21. The normalized spacial score (nSPS) is 18.1. The summed E-state index contributed by atoms with van der Waals surface area (Å²) in [6.45, 7) is 1.05. The zero-order valence-corrected chi connectivity index (χ0v) is 12.8. The van der Waals surface area contributed by atoms with Crippen LogP contribution in [0.25, 0.3) is 0 Å². The summed E-state index contributed by atoms with van der Waals surface area (Å²) in [5.41, 5.74) is 6.81. The molecule has 2 aromatic rings. The molecule has 5 nitrogen and oxygen atoms in total. The van der Waals surface area contributed by atoms with Gasteiger partial charge in [0.25, 0.3) is 0 Å². The zero-order chi connectivity index (χ0) is 17.3. The highest BCUT2D eigenvalue weighted by Crippen LogP contribution is 2.31. The van der Waals surface area contributed by atoms with Crippen molar-refractivity contribution in [3.05, 3.63) is 47.3 Å². The number of hydrogen-bond donors (Lipinski definition) is 2. The highest BCUT2D eigenvalue weighted by molar-refractivity contribution is 5.79. The molecule has 0 bridgehead atoms. The molecule has 128 valence electrons. The minimum Gasteiger partial charge on any atom is -0.396 e. The van der Waals surface area contributed by atoms with Crippen LogP contribution in [-0.2, 0) is 17.4 Å². The van der Waals surface area contributed by atoms with Crippen LogP contribution in [0.3, 0.4) is 0 Å². The molecule has 24 heavy (non-hydrogen) atoms. The third kappa shape index (κ3) is 3.37. The standard InChI is InChI=1S/C16H17F3N4O/c17-16(18,19)12-3-1-2-10(6-12)7-14(24)23-5-4-11(9-23)15-13(20)8-21-22-15/h1-3,6,8,11H,4-5,7,9,20H2,(H,21,22). The molecule has 0 radical (unpaired) electrons. The quantitative estimate of drug-likeness (QED) is 0.903. The average Bonchev–Trinajstić information content (AvgIpc) is 3.15. The summed E-state index contributed by atoms with van der Waals surface area (Å²) in [6, 6.07) is 4.89. The molecule has 3 rings (SSSR count). The number of alkyl halides is 3. The summed E-state index contributed by atoms with van der Waals surface area (Å²) in [5.74, 6) is -0.104. The molecule has 1 unspecified atom stereocenters. The number of aromatic amines is 1. The summed E-state index contributed by atoms with van der Waals surface area (Å²) < 4.78 is 38.2. The predicted molar refractivity (Wildman–Crippen MR) is 82.1 cm³/mol. The molecule has 0 aliphatic carbocycles. The van der Waals surface area contributed by atoms with E-state index in [0.29, 0.717) is 24.3 Å². The maximum absolute atomic E-state index is 12.7. The number of nitrogens with two attached hydrogens (primary N) is 1. The van der Waals surface area contributed by atoms with Gasteiger partial charge in [-0.25, -0.2) is 0 Å². The smallest absolute Gasteiger partial charge is 0.396 e. The number of nitrogens with one attached hydrogen (secondary N) is 1. The van der Waals surface area contributed by atoms with Crippen LogP contribution < -0.4 is 5.73 Å². The Morgan fingerprint density at radius 1 is 1.42 bits per heavy atom. The first-order chi connectivity index (χ1) is 11.3. The van der Waals surface area contributed by atoms with Gasteiger partial charge in [-0.15, -0.1) is 0 Å². The molecule has 1 saturated heterocycles. The fourth-order valence-electron chi connectivity index (χ4n) is 3.00. The molecule has 2 heterocycles. The van der Waals surface area contributed by atoms with Gasteiger partial charge in [0.1, 0.15) is 0 Å². The fraction of sp³-hybridized carbons (Fsp3) is 0.375. The molecular weight excluding hydrogens is 321 g/mol. The third-order valence-electron chi connectivity index (χ3n) is 4.26. The zero-order valence-electron chi connectivity index (χ0n) is 12.8. The van der Waals surface area contributed by atoms with Gasteiger partial charge in [0.05, 0.1) is 29.6 Å². The molecule has 1 aliphatic heterocycles. The predicted octanol–water partition coefficient (Wildman–Crippen LogP) is 2.57. The van der Waals surface area contributed by atoms with E-state index in [2.05, 4.69) is 10.2 Å². The number of H-pyrrole nitrogens is 1. The summed E-state index contributed by atoms with van der Waals surface area (Å²) in [5, 5.41) is 6.72. The van der Waals surface area contributed by atoms with Crippen LogP contribution in [0, 0.1) is 0 Å². The summed E-state index contributed by atoms with van der Waals surface area (Å²) in [4.78, 5) is 14.0. The van der Waals surface area contributed by atoms with Crippen molar-refractivity contribution >= 4 is 11.6 Å². The first-order valence-electron chi connectivity index (χ1n) is 7.57. The minimum atomic E-state index is -4.41. The van der Waals surface area contributed by atoms with Crippen molar-refractivity contribution < 1.29 is 18.0 Å². The molecule has 1 atom stereocenters. The van der Waals surface area contributed by atoms with Crippen molar-refractivity contribution in [1.82, 2.24) is 15.1 Å². The van der Waals surface area contributed by atoms with Gasteiger partial charge < -0.3 is 10.6 Å². The van der Waals surface area contributed by atoms with Gasteiger partial charge in [0, 0.05) is 19.0 Å². The van der Waals surface area contributed by atoms with Crippen LogP contribution in [0.15, 0.2) is 30.5 Å². The van der Waals surface area contributed by atoms with E-state index < -0.39 is 11.7 Å². The highest BCUT2D eigenvalue weighted by Gasteiger charge is 2.32. The van der Waals surface area contributed by atoms with Gasteiger partial charge in [-0.3, -0.25) is 9.89 Å². The summed E-state index contributed by atoms with van der Waals surface area (Å²) in [7, 11) is 0. The number of halogens is 3. The Balaban J connectivity index is 1.65. The van der Waals surface area contributed by atoms with Crippen molar-refractivity contribution in [2.24, 2.45) is 0 Å². The molecular formula is C16H17F3N4O. The van der Waals surface area contributed by atoms with E-state index in [1.165, 1.54) is 18.3 Å². The number of rotatable bonds is 3. The molecule has 8 heteroatoms. The number of benzene rings is 1. The van der Waals surface area contributed by atoms with Crippen LogP contribution in [0.2, 0.25) is 0 Å². The van der Waals surface area contributed by atoms with Crippen LogP contribution in [0.4, 0.5) is 18.9 Å². The summed E-state index contributed by atoms with van der Waals surface area (Å²) >= 11 is 0. The molecule has 1 aliphatic rings. The fourth-order valence-corrected chi connectivity index (χ4v) is 3.00. The van der Waals surface area contributed by atoms with E-state index in [1.54, 1.807) is 4.90 Å². The molecule has 1 amide bonds. The van der Waals surface area contributed by atoms with Gasteiger partial charge in [-0.1, -0.05) is 18.2 Å². The van der Waals surface area contributed by atoms with E-state index in [9.17, 15) is 18.0 Å². The van der Waals surface area contributed by atoms with E-state index in [0.717, 1.165) is 24.2 Å². The van der Waals surface area contributed by atoms with Gasteiger partial charge in [-0.2, -0.15) is 18.3 Å². The van der Waals surface area contributed by atoms with Crippen molar-refractivity contribution in [3.8, 4) is 0 Å². The number of hydrogen-bond acceptors (Lipinski definition) is 3. The van der Waals surface area contributed by atoms with E-state index >= 15 is 0 Å². The van der Waals surface area contributed by atoms with Crippen LogP contribution in [-0.4, -0.2) is 34.1 Å². The Labute approximate surface area is 136 Å². The third-order valence-corrected chi connectivity index (χ3v) is 4.26. The Hall–Kier alpha value is -2.51. The van der Waals surface area contributed by atoms with Gasteiger partial charge in [0.2, 0.25) is 5.91 Å². The van der Waals surface area contributed by atoms with Crippen molar-refractivity contribution in [1.29, 1.82) is 0 Å². The number of carbonyl (C=O) groups is 1. The number of aromatic nitrogens is 2. The second-order valence-electron chi connectivity index (χ2n) is 5.94. The number of nitrogens with zero attached hydrogens (tertiary/aromatic N) is 2. The van der Waals surface area contributed by atoms with Crippen molar-refractivity contribution in [3.63, 3.8) is 0 Å². The maximum atomic E-state index is 12.7. The Morgan fingerprint density at radius 2 is 2.21 bits per heavy atom. The van der Waals surface area contributed by atoms with Crippen LogP contribution in [0.1, 0.15) is 29.2 Å². The maximum Gasteiger partial charge on any atom is 0.416 e. The molecule has 1 fully saturated rings. The first kappa shape index (κ1) is 16.4. The van der Waals surface area contributed by atoms with Crippen molar-refractivity contribution in [2.75, 3.05) is 18.8 Å². The number of anilines is 1. The number of likely N-dealkylation sites (tertiary alicyclic amines) is 1. The van der Waals surface area contributed by atoms with Crippen LogP contribution in [0.5, 0.6) is 0 Å². The Morgan fingerprint density at radius 3 is 2.88 bits per heavy atom. The molecule has 1 aromatic heterocycles. The first-order valence-corrected chi connectivity index (χ1v) is 7.57. The topological polar surface area (TPSA) is 75.0 Å². The lowest BCUT2D eigenvalue weighted by Crippen LogP contribution is -2.30. The second kappa shape index (κ2) is 6.18. The molecule has 1 aromatic carbocycles. The lowest BCUT2D eigenvalue weighted by molar-refractivity contribution is -0.137. The average molecular weight is 338 g/mol. The largest absolute Gasteiger partial charge is 0.416 e. The van der Waals surface area contributed by atoms with Crippen LogP contribution >= 0.6 is 0 Å². The molecule has 0 saturated carbocycles. The molecule has 3 N–H and O–H groups in total. The number of nitrogen functional groups attached to an aromatic ring is 1. The van der Waals surface area contributed by atoms with Crippen molar-refractivity contribution in [2.45, 2.75) is 24.9 Å².